The van der Waals surface area contributed by atoms with Crippen LogP contribution in [0.4, 0.5) is 6.01 Å². The highest BCUT2D eigenvalue weighted by Crippen LogP contribution is 2.06. The van der Waals surface area contributed by atoms with Crippen LogP contribution in [0.2, 0.25) is 0 Å². The molecule has 0 bridgehead atoms. The molecule has 0 aromatic carbocycles. The predicted molar refractivity (Wildman–Crippen MR) is 45.9 cm³/mol. The molecule has 13 heavy (non-hydrogen) atoms. The summed E-state index contributed by atoms with van der Waals surface area (Å²) in [5.74, 6) is 0.0290. The Morgan fingerprint density at radius 1 is 1.54 bits per heavy atom. The lowest BCUT2D eigenvalue weighted by molar-refractivity contribution is -0.120. The van der Waals surface area contributed by atoms with Crippen LogP contribution in [0.25, 0.3) is 0 Å². The number of hydrogen-bond donors (Lipinski definition) is 2. The number of hydrogen-bond acceptors (Lipinski definition) is 5. The van der Waals surface area contributed by atoms with Crippen molar-refractivity contribution in [3.05, 3.63) is 5.89 Å². The summed E-state index contributed by atoms with van der Waals surface area (Å²) in [6.07, 6.45) is 0. The third-order valence-electron chi connectivity index (χ3n) is 1.33. The Hall–Kier alpha value is -1.43. The van der Waals surface area contributed by atoms with E-state index in [0.29, 0.717) is 5.89 Å². The number of nitrogens with two attached hydrogens (primary N) is 1. The molecule has 1 rings (SSSR count). The Bertz CT molecular complexity index is 313. The Morgan fingerprint density at radius 2 is 2.15 bits per heavy atom. The maximum atomic E-state index is 11.3. The normalized spacial score (nSPS) is 11.4. The molecule has 1 amide bonds. The van der Waals surface area contributed by atoms with E-state index in [2.05, 4.69) is 15.5 Å². The van der Waals surface area contributed by atoms with Gasteiger partial charge in [0.05, 0.1) is 5.54 Å². The van der Waals surface area contributed by atoms with Crippen LogP contribution in [-0.2, 0) is 4.79 Å². The summed E-state index contributed by atoms with van der Waals surface area (Å²) >= 11 is 0. The van der Waals surface area contributed by atoms with Crippen LogP contribution in [0.15, 0.2) is 4.42 Å². The van der Waals surface area contributed by atoms with Gasteiger partial charge in [-0.3, -0.25) is 10.1 Å². The van der Waals surface area contributed by atoms with Crippen molar-refractivity contribution in [1.29, 1.82) is 0 Å². The van der Waals surface area contributed by atoms with Gasteiger partial charge < -0.3 is 10.2 Å². The molecule has 1 aromatic heterocycles. The number of carbonyl (C=O) groups is 1. The third-order valence-corrected chi connectivity index (χ3v) is 1.33. The second-order valence-corrected chi connectivity index (χ2v) is 3.30. The Balaban J connectivity index is 2.65. The molecule has 0 fully saturated rings. The van der Waals surface area contributed by atoms with E-state index in [0.717, 1.165) is 0 Å². The van der Waals surface area contributed by atoms with E-state index in [9.17, 15) is 4.79 Å². The van der Waals surface area contributed by atoms with Crippen LogP contribution in [-0.4, -0.2) is 21.6 Å². The van der Waals surface area contributed by atoms with Crippen LogP contribution >= 0.6 is 0 Å². The molecule has 0 spiro atoms. The van der Waals surface area contributed by atoms with Crippen molar-refractivity contribution >= 4 is 11.9 Å². The molecule has 0 aliphatic carbocycles. The van der Waals surface area contributed by atoms with Gasteiger partial charge in [0, 0.05) is 6.92 Å². The molecule has 0 saturated heterocycles. The SMILES string of the molecule is Cc1nnc(NC(=O)C(C)(C)N)o1. The van der Waals surface area contributed by atoms with Gasteiger partial charge in [0.25, 0.3) is 0 Å². The first-order valence-corrected chi connectivity index (χ1v) is 3.80. The molecule has 3 N–H and O–H groups in total. The molecule has 72 valence electrons. The number of carbonyl (C=O) groups excluding carboxylic acids is 1. The molecule has 1 aromatic rings. The van der Waals surface area contributed by atoms with Crippen LogP contribution in [0.5, 0.6) is 0 Å². The molecular weight excluding hydrogens is 172 g/mol. The number of amides is 1. The highest BCUT2D eigenvalue weighted by molar-refractivity contribution is 5.95. The second kappa shape index (κ2) is 3.14. The van der Waals surface area contributed by atoms with E-state index in [4.69, 9.17) is 10.2 Å². The zero-order valence-corrected chi connectivity index (χ0v) is 7.79. The number of aromatic nitrogens is 2. The number of nitrogens with zero attached hydrogens (tertiary/aromatic N) is 2. The number of aryl methyl sites for hydroxylation is 1. The minimum atomic E-state index is -0.956. The fourth-order valence-electron chi connectivity index (χ4n) is 0.605. The average molecular weight is 184 g/mol. The molecule has 6 heteroatoms. The van der Waals surface area contributed by atoms with E-state index < -0.39 is 5.54 Å². The summed E-state index contributed by atoms with van der Waals surface area (Å²) < 4.78 is 4.94. The number of nitrogens with one attached hydrogen (secondary N) is 1. The Kier molecular flexibility index (Phi) is 2.33. The van der Waals surface area contributed by atoms with E-state index in [-0.39, 0.29) is 11.9 Å². The van der Waals surface area contributed by atoms with Crippen molar-refractivity contribution < 1.29 is 9.21 Å². The summed E-state index contributed by atoms with van der Waals surface area (Å²) in [6, 6.07) is 0.0704. The summed E-state index contributed by atoms with van der Waals surface area (Å²) in [5.41, 5.74) is 4.58. The summed E-state index contributed by atoms with van der Waals surface area (Å²) in [6.45, 7) is 4.81. The smallest absolute Gasteiger partial charge is 0.322 e. The van der Waals surface area contributed by atoms with Gasteiger partial charge in [-0.2, -0.15) is 0 Å². The topological polar surface area (TPSA) is 94.0 Å². The van der Waals surface area contributed by atoms with Gasteiger partial charge in [-0.1, -0.05) is 5.10 Å². The zero-order valence-electron chi connectivity index (χ0n) is 7.79. The van der Waals surface area contributed by atoms with Crippen molar-refractivity contribution in [1.82, 2.24) is 10.2 Å². The minimum absolute atomic E-state index is 0.0704. The first kappa shape index (κ1) is 9.66. The van der Waals surface area contributed by atoms with Gasteiger partial charge in [0.2, 0.25) is 11.8 Å². The van der Waals surface area contributed by atoms with Crippen LogP contribution < -0.4 is 11.1 Å². The highest BCUT2D eigenvalue weighted by atomic mass is 16.4. The van der Waals surface area contributed by atoms with E-state index in [1.807, 2.05) is 0 Å². The van der Waals surface area contributed by atoms with Gasteiger partial charge in [-0.25, -0.2) is 0 Å². The molecule has 6 nitrogen and oxygen atoms in total. The molecule has 1 heterocycles. The van der Waals surface area contributed by atoms with Crippen molar-refractivity contribution in [2.45, 2.75) is 26.3 Å². The van der Waals surface area contributed by atoms with Crippen molar-refractivity contribution in [3.63, 3.8) is 0 Å². The molecule has 0 radical (unpaired) electrons. The van der Waals surface area contributed by atoms with Crippen LogP contribution in [0, 0.1) is 6.92 Å². The first-order valence-electron chi connectivity index (χ1n) is 3.80. The van der Waals surface area contributed by atoms with Crippen molar-refractivity contribution in [2.75, 3.05) is 5.32 Å². The average Bonchev–Trinajstić information content (AvgIpc) is 2.33. The lowest BCUT2D eigenvalue weighted by atomic mass is 10.1. The van der Waals surface area contributed by atoms with Gasteiger partial charge in [0.15, 0.2) is 0 Å². The van der Waals surface area contributed by atoms with Gasteiger partial charge in [-0.05, 0) is 13.8 Å². The predicted octanol–water partition coefficient (Wildman–Crippen LogP) is 0.0538. The largest absolute Gasteiger partial charge is 0.408 e. The number of anilines is 1. The molecule has 0 aliphatic heterocycles. The van der Waals surface area contributed by atoms with Crippen LogP contribution in [0.1, 0.15) is 19.7 Å². The zero-order chi connectivity index (χ0) is 10.1. The van der Waals surface area contributed by atoms with Gasteiger partial charge >= 0.3 is 6.01 Å². The Labute approximate surface area is 75.5 Å². The minimum Gasteiger partial charge on any atom is -0.408 e. The quantitative estimate of drug-likeness (QED) is 0.677. The van der Waals surface area contributed by atoms with Crippen molar-refractivity contribution in [3.8, 4) is 0 Å². The number of rotatable bonds is 2. The second-order valence-electron chi connectivity index (χ2n) is 3.30. The van der Waals surface area contributed by atoms with E-state index >= 15 is 0 Å². The lowest BCUT2D eigenvalue weighted by Crippen LogP contribution is -2.45. The lowest BCUT2D eigenvalue weighted by Gasteiger charge is -2.15. The molecule has 0 unspecified atom stereocenters. The molecular formula is C7H12N4O2. The fraction of sp³-hybridized carbons (Fsp3) is 0.571. The maximum Gasteiger partial charge on any atom is 0.322 e. The summed E-state index contributed by atoms with van der Waals surface area (Å²) in [7, 11) is 0. The highest BCUT2D eigenvalue weighted by Gasteiger charge is 2.23. The summed E-state index contributed by atoms with van der Waals surface area (Å²) in [4.78, 5) is 11.3. The van der Waals surface area contributed by atoms with Crippen molar-refractivity contribution in [2.24, 2.45) is 5.73 Å². The maximum absolute atomic E-state index is 11.3. The fourth-order valence-corrected chi connectivity index (χ4v) is 0.605. The first-order chi connectivity index (χ1) is 5.89. The standard InChI is InChI=1S/C7H12N4O2/c1-4-10-11-6(13-4)9-5(12)7(2,3)8/h8H2,1-3H3,(H,9,11,12). The molecule has 0 saturated carbocycles. The third kappa shape index (κ3) is 2.51. The van der Waals surface area contributed by atoms with E-state index in [1.165, 1.54) is 0 Å². The Morgan fingerprint density at radius 3 is 2.54 bits per heavy atom. The summed E-state index contributed by atoms with van der Waals surface area (Å²) in [5, 5.41) is 9.54. The molecule has 0 aliphatic rings. The monoisotopic (exact) mass is 184 g/mol. The molecule has 0 atom stereocenters. The van der Waals surface area contributed by atoms with E-state index in [1.54, 1.807) is 20.8 Å². The van der Waals surface area contributed by atoms with Gasteiger partial charge in [0.1, 0.15) is 0 Å². The van der Waals surface area contributed by atoms with Gasteiger partial charge in [-0.15, -0.1) is 5.10 Å². The van der Waals surface area contributed by atoms with Crippen LogP contribution in [0.3, 0.4) is 0 Å².